The van der Waals surface area contributed by atoms with E-state index >= 15 is 0 Å². The first-order valence-corrected chi connectivity index (χ1v) is 6.34. The molecule has 6 nitrogen and oxygen atoms in total. The maximum absolute atomic E-state index is 11.7. The van der Waals surface area contributed by atoms with Gasteiger partial charge in [-0.25, -0.2) is 0 Å². The molecular weight excluding hydrogens is 301 g/mol. The van der Waals surface area contributed by atoms with Crippen LogP contribution in [0.2, 0.25) is 0 Å². The second-order valence-corrected chi connectivity index (χ2v) is 4.98. The van der Waals surface area contributed by atoms with Crippen LogP contribution in [0.3, 0.4) is 0 Å². The van der Waals surface area contributed by atoms with Crippen molar-refractivity contribution >= 4 is 30.7 Å². The van der Waals surface area contributed by atoms with Gasteiger partial charge in [-0.1, -0.05) is 20.8 Å². The van der Waals surface area contributed by atoms with Gasteiger partial charge in [-0.05, 0) is 6.92 Å². The summed E-state index contributed by atoms with van der Waals surface area (Å²) in [5.74, 6) is 1.08. The van der Waals surface area contributed by atoms with Crippen molar-refractivity contribution in [1.29, 1.82) is 0 Å². The normalized spacial score (nSPS) is 13.1. The predicted molar refractivity (Wildman–Crippen MR) is 84.4 cm³/mol. The van der Waals surface area contributed by atoms with Gasteiger partial charge < -0.3 is 15.6 Å². The van der Waals surface area contributed by atoms with Crippen LogP contribution >= 0.6 is 24.8 Å². The van der Waals surface area contributed by atoms with E-state index in [1.54, 1.807) is 6.33 Å². The van der Waals surface area contributed by atoms with Gasteiger partial charge in [0.2, 0.25) is 5.91 Å². The lowest BCUT2D eigenvalue weighted by Gasteiger charge is -2.16. The molecule has 0 bridgehead atoms. The summed E-state index contributed by atoms with van der Waals surface area (Å²) in [6.45, 7) is 9.04. The van der Waals surface area contributed by atoms with Gasteiger partial charge in [0.25, 0.3) is 0 Å². The van der Waals surface area contributed by atoms with Crippen LogP contribution in [0.5, 0.6) is 0 Å². The van der Waals surface area contributed by atoms with Crippen LogP contribution in [0.1, 0.15) is 39.4 Å². The second-order valence-electron chi connectivity index (χ2n) is 4.98. The monoisotopic (exact) mass is 325 g/mol. The zero-order valence-corrected chi connectivity index (χ0v) is 14.0. The molecule has 0 saturated carbocycles. The van der Waals surface area contributed by atoms with Crippen molar-refractivity contribution in [2.75, 3.05) is 6.54 Å². The number of amides is 1. The first-order valence-electron chi connectivity index (χ1n) is 6.34. The lowest BCUT2D eigenvalue weighted by atomic mass is 10.0. The van der Waals surface area contributed by atoms with Crippen molar-refractivity contribution in [3.05, 3.63) is 12.2 Å². The molecule has 0 saturated heterocycles. The molecule has 1 amide bonds. The van der Waals surface area contributed by atoms with Gasteiger partial charge in [-0.15, -0.1) is 35.0 Å². The van der Waals surface area contributed by atoms with Gasteiger partial charge in [0.05, 0.1) is 0 Å². The standard InChI is InChI=1S/C12H23N5O.2ClH/c1-8(2)11-16-15-7-17(11)6-5-14-12(18)9(3)10(4)13;;/h7-10H,5-6,13H2,1-4H3,(H,14,18);2*1H. The fourth-order valence-electron chi connectivity index (χ4n) is 1.58. The third-order valence-electron chi connectivity index (χ3n) is 3.02. The average molecular weight is 326 g/mol. The van der Waals surface area contributed by atoms with Gasteiger partial charge in [0.1, 0.15) is 12.2 Å². The minimum atomic E-state index is -0.171. The Morgan fingerprint density at radius 1 is 1.35 bits per heavy atom. The molecule has 0 fully saturated rings. The molecule has 8 heteroatoms. The summed E-state index contributed by atoms with van der Waals surface area (Å²) in [7, 11) is 0. The third-order valence-corrected chi connectivity index (χ3v) is 3.02. The lowest BCUT2D eigenvalue weighted by Crippen LogP contribution is -2.39. The summed E-state index contributed by atoms with van der Waals surface area (Å²) >= 11 is 0. The van der Waals surface area contributed by atoms with Crippen molar-refractivity contribution in [3.63, 3.8) is 0 Å². The maximum Gasteiger partial charge on any atom is 0.224 e. The van der Waals surface area contributed by atoms with Crippen molar-refractivity contribution in [3.8, 4) is 0 Å². The molecule has 0 aliphatic heterocycles. The highest BCUT2D eigenvalue weighted by Gasteiger charge is 2.16. The number of hydrogen-bond donors (Lipinski definition) is 2. The molecule has 1 aromatic heterocycles. The van der Waals surface area contributed by atoms with Gasteiger partial charge in [-0.2, -0.15) is 0 Å². The van der Waals surface area contributed by atoms with Crippen LogP contribution in [0, 0.1) is 5.92 Å². The quantitative estimate of drug-likeness (QED) is 0.826. The number of carbonyl (C=O) groups excluding carboxylic acids is 1. The Morgan fingerprint density at radius 2 is 1.95 bits per heavy atom. The van der Waals surface area contributed by atoms with Crippen LogP contribution < -0.4 is 11.1 Å². The third kappa shape index (κ3) is 6.07. The van der Waals surface area contributed by atoms with Crippen molar-refractivity contribution < 1.29 is 4.79 Å². The van der Waals surface area contributed by atoms with Gasteiger partial charge >= 0.3 is 0 Å². The van der Waals surface area contributed by atoms with Crippen molar-refractivity contribution in [1.82, 2.24) is 20.1 Å². The number of aromatic nitrogens is 3. The summed E-state index contributed by atoms with van der Waals surface area (Å²) in [4.78, 5) is 11.7. The first kappa shape index (κ1) is 21.4. The second kappa shape index (κ2) is 9.96. The molecule has 118 valence electrons. The zero-order chi connectivity index (χ0) is 13.7. The van der Waals surface area contributed by atoms with E-state index in [2.05, 4.69) is 29.4 Å². The number of hydrogen-bond acceptors (Lipinski definition) is 4. The highest BCUT2D eigenvalue weighted by Crippen LogP contribution is 2.09. The van der Waals surface area contributed by atoms with E-state index in [9.17, 15) is 4.79 Å². The maximum atomic E-state index is 11.7. The molecule has 1 aromatic rings. The van der Waals surface area contributed by atoms with Crippen LogP contribution in [0.15, 0.2) is 6.33 Å². The fourth-order valence-corrected chi connectivity index (χ4v) is 1.58. The zero-order valence-electron chi connectivity index (χ0n) is 12.4. The highest BCUT2D eigenvalue weighted by atomic mass is 35.5. The molecule has 0 spiro atoms. The van der Waals surface area contributed by atoms with E-state index in [4.69, 9.17) is 5.73 Å². The SMILES string of the molecule is CC(C)c1nncn1CCNC(=O)C(C)C(C)N.Cl.Cl. The Bertz CT molecular complexity index is 395. The number of halogens is 2. The molecule has 0 aliphatic rings. The smallest absolute Gasteiger partial charge is 0.224 e. The Hall–Kier alpha value is -0.850. The first-order chi connectivity index (χ1) is 8.43. The summed E-state index contributed by atoms with van der Waals surface area (Å²) in [6, 6.07) is -0.133. The molecular formula is C12H25Cl2N5O. The van der Waals surface area contributed by atoms with Crippen LogP contribution in [-0.4, -0.2) is 33.3 Å². The Balaban J connectivity index is 0. The van der Waals surface area contributed by atoms with E-state index in [1.165, 1.54) is 0 Å². The number of nitrogens with two attached hydrogens (primary N) is 1. The van der Waals surface area contributed by atoms with Gasteiger partial charge in [0, 0.05) is 31.0 Å². The van der Waals surface area contributed by atoms with Crippen molar-refractivity contribution in [2.45, 2.75) is 46.2 Å². The summed E-state index contributed by atoms with van der Waals surface area (Å²) in [6.07, 6.45) is 1.69. The van der Waals surface area contributed by atoms with E-state index in [0.717, 1.165) is 5.82 Å². The number of carbonyl (C=O) groups is 1. The van der Waals surface area contributed by atoms with Crippen LogP contribution in [0.25, 0.3) is 0 Å². The summed E-state index contributed by atoms with van der Waals surface area (Å²) in [5.41, 5.74) is 5.68. The minimum absolute atomic E-state index is 0. The predicted octanol–water partition coefficient (Wildman–Crippen LogP) is 1.34. The van der Waals surface area contributed by atoms with E-state index in [-0.39, 0.29) is 42.7 Å². The van der Waals surface area contributed by atoms with Crippen molar-refractivity contribution in [2.24, 2.45) is 11.7 Å². The number of rotatable bonds is 6. The van der Waals surface area contributed by atoms with E-state index in [1.807, 2.05) is 18.4 Å². The Kier molecular flexibility index (Phi) is 10.7. The van der Waals surface area contributed by atoms with Gasteiger partial charge in [-0.3, -0.25) is 4.79 Å². The lowest BCUT2D eigenvalue weighted by molar-refractivity contribution is -0.124. The molecule has 3 N–H and O–H groups in total. The average Bonchev–Trinajstić information content (AvgIpc) is 2.76. The fraction of sp³-hybridized carbons (Fsp3) is 0.750. The molecule has 1 heterocycles. The molecule has 0 radical (unpaired) electrons. The minimum Gasteiger partial charge on any atom is -0.354 e. The Morgan fingerprint density at radius 3 is 2.45 bits per heavy atom. The van der Waals surface area contributed by atoms with E-state index < -0.39 is 0 Å². The largest absolute Gasteiger partial charge is 0.354 e. The van der Waals surface area contributed by atoms with E-state index in [0.29, 0.717) is 19.0 Å². The molecule has 2 unspecified atom stereocenters. The topological polar surface area (TPSA) is 85.8 Å². The molecule has 1 rings (SSSR count). The number of nitrogens with zero attached hydrogens (tertiary/aromatic N) is 3. The number of nitrogens with one attached hydrogen (secondary N) is 1. The van der Waals surface area contributed by atoms with Crippen LogP contribution in [0.4, 0.5) is 0 Å². The summed E-state index contributed by atoms with van der Waals surface area (Å²) < 4.78 is 1.96. The molecule has 20 heavy (non-hydrogen) atoms. The highest BCUT2D eigenvalue weighted by molar-refractivity contribution is 5.85. The Labute approximate surface area is 132 Å². The molecule has 0 aliphatic carbocycles. The summed E-state index contributed by atoms with van der Waals surface area (Å²) in [5, 5.41) is 10.8. The van der Waals surface area contributed by atoms with Crippen LogP contribution in [-0.2, 0) is 11.3 Å². The molecule has 2 atom stereocenters. The van der Waals surface area contributed by atoms with Gasteiger partial charge in [0.15, 0.2) is 0 Å². The molecule has 0 aromatic carbocycles.